The predicted molar refractivity (Wildman–Crippen MR) is 101 cm³/mol. The third-order valence-corrected chi connectivity index (χ3v) is 4.05. The van der Waals surface area contributed by atoms with Gasteiger partial charge in [0.25, 0.3) is 0 Å². The molecule has 0 saturated heterocycles. The molecule has 3 rings (SSSR count). The van der Waals surface area contributed by atoms with Gasteiger partial charge in [0.15, 0.2) is 0 Å². The highest BCUT2D eigenvalue weighted by atomic mass is 16.5. The number of aryl methyl sites for hydroxylation is 1. The Morgan fingerprint density at radius 3 is 2.70 bits per heavy atom. The van der Waals surface area contributed by atoms with Crippen molar-refractivity contribution in [2.45, 2.75) is 20.1 Å². The topological polar surface area (TPSA) is 89.3 Å². The van der Waals surface area contributed by atoms with Crippen LogP contribution in [0.1, 0.15) is 11.1 Å². The van der Waals surface area contributed by atoms with E-state index >= 15 is 0 Å². The molecule has 1 aromatic heterocycles. The molecule has 0 aliphatic heterocycles. The summed E-state index contributed by atoms with van der Waals surface area (Å²) in [5, 5.41) is 20.0. The summed E-state index contributed by atoms with van der Waals surface area (Å²) in [6, 6.07) is 15.1. The molecule has 1 heterocycles. The van der Waals surface area contributed by atoms with Gasteiger partial charge in [-0.15, -0.1) is 5.10 Å². The zero-order valence-electron chi connectivity index (χ0n) is 15.1. The number of benzene rings is 2. The van der Waals surface area contributed by atoms with Gasteiger partial charge in [-0.3, -0.25) is 4.79 Å². The smallest absolute Gasteiger partial charge is 0.241 e. The summed E-state index contributed by atoms with van der Waals surface area (Å²) in [6.45, 7) is 2.88. The van der Waals surface area contributed by atoms with Crippen molar-refractivity contribution >= 4 is 5.91 Å². The average Bonchev–Trinajstić information content (AvgIpc) is 3.15. The zero-order valence-corrected chi connectivity index (χ0v) is 15.1. The van der Waals surface area contributed by atoms with Crippen LogP contribution in [-0.2, 0) is 17.9 Å². The van der Waals surface area contributed by atoms with Crippen molar-refractivity contribution in [3.8, 4) is 17.0 Å². The number of nitrogens with zero attached hydrogens (tertiary/aromatic N) is 3. The lowest BCUT2D eigenvalue weighted by molar-refractivity contribution is -0.121. The summed E-state index contributed by atoms with van der Waals surface area (Å²) in [6.07, 6.45) is 1.72. The monoisotopic (exact) mass is 366 g/mol. The highest BCUT2D eigenvalue weighted by Gasteiger charge is 2.08. The maximum atomic E-state index is 12.0. The van der Waals surface area contributed by atoms with Gasteiger partial charge in [-0.25, -0.2) is 4.68 Å². The molecule has 0 saturated carbocycles. The van der Waals surface area contributed by atoms with Crippen LogP contribution in [0.15, 0.2) is 54.7 Å². The summed E-state index contributed by atoms with van der Waals surface area (Å²) in [7, 11) is 0. The molecule has 140 valence electrons. The van der Waals surface area contributed by atoms with Gasteiger partial charge in [0.2, 0.25) is 5.91 Å². The largest absolute Gasteiger partial charge is 0.491 e. The van der Waals surface area contributed by atoms with E-state index in [-0.39, 0.29) is 19.1 Å². The minimum atomic E-state index is -0.157. The molecular formula is C20H22N4O3. The number of aliphatic hydroxyl groups excluding tert-OH is 1. The Balaban J connectivity index is 1.45. The molecule has 0 aliphatic carbocycles. The Morgan fingerprint density at radius 1 is 1.19 bits per heavy atom. The molecule has 2 N–H and O–H groups in total. The van der Waals surface area contributed by atoms with Crippen molar-refractivity contribution in [2.24, 2.45) is 0 Å². The zero-order chi connectivity index (χ0) is 19.1. The van der Waals surface area contributed by atoms with E-state index in [1.54, 1.807) is 6.20 Å². The molecule has 0 bridgehead atoms. The second kappa shape index (κ2) is 8.95. The van der Waals surface area contributed by atoms with Crippen LogP contribution in [0.5, 0.6) is 5.75 Å². The van der Waals surface area contributed by atoms with E-state index in [4.69, 9.17) is 9.84 Å². The van der Waals surface area contributed by atoms with Crippen LogP contribution in [0.4, 0.5) is 0 Å². The lowest BCUT2D eigenvalue weighted by Gasteiger charge is -2.09. The number of aliphatic hydroxyl groups is 1. The van der Waals surface area contributed by atoms with E-state index in [9.17, 15) is 4.79 Å². The summed E-state index contributed by atoms with van der Waals surface area (Å²) in [5.41, 5.74) is 3.45. The average molecular weight is 366 g/mol. The Bertz CT molecular complexity index is 890. The van der Waals surface area contributed by atoms with Gasteiger partial charge >= 0.3 is 0 Å². The lowest BCUT2D eigenvalue weighted by Crippen LogP contribution is -2.31. The number of aromatic nitrogens is 3. The fourth-order valence-corrected chi connectivity index (χ4v) is 2.56. The maximum Gasteiger partial charge on any atom is 0.241 e. The van der Waals surface area contributed by atoms with Crippen molar-refractivity contribution in [1.29, 1.82) is 0 Å². The molecule has 2 aromatic carbocycles. The van der Waals surface area contributed by atoms with E-state index < -0.39 is 0 Å². The van der Waals surface area contributed by atoms with Crippen LogP contribution in [-0.4, -0.2) is 39.2 Å². The van der Waals surface area contributed by atoms with Gasteiger partial charge in [0.05, 0.1) is 19.3 Å². The van der Waals surface area contributed by atoms with Crippen LogP contribution in [0, 0.1) is 6.92 Å². The molecule has 3 aromatic rings. The third kappa shape index (κ3) is 5.15. The molecule has 1 amide bonds. The number of rotatable bonds is 8. The van der Waals surface area contributed by atoms with Crippen molar-refractivity contribution in [3.05, 3.63) is 65.9 Å². The van der Waals surface area contributed by atoms with Crippen LogP contribution in [0.25, 0.3) is 11.3 Å². The maximum absolute atomic E-state index is 12.0. The normalized spacial score (nSPS) is 10.6. The Labute approximate surface area is 157 Å². The standard InChI is InChI=1S/C20H22N4O3/c1-15-4-2-3-5-19(15)27-11-10-21-20(26)13-24-12-18(22-23-24)17-8-6-16(14-25)7-9-17/h2-9,12,25H,10-11,13-14H2,1H3,(H,21,26). The first-order chi connectivity index (χ1) is 13.2. The van der Waals surface area contributed by atoms with Crippen LogP contribution >= 0.6 is 0 Å². The number of carbonyl (C=O) groups is 1. The first-order valence-corrected chi connectivity index (χ1v) is 8.71. The molecule has 0 radical (unpaired) electrons. The van der Waals surface area contributed by atoms with Crippen molar-refractivity contribution in [3.63, 3.8) is 0 Å². The number of ether oxygens (including phenoxy) is 1. The Kier molecular flexibility index (Phi) is 6.17. The van der Waals surface area contributed by atoms with E-state index in [2.05, 4.69) is 15.6 Å². The minimum Gasteiger partial charge on any atom is -0.491 e. The molecule has 27 heavy (non-hydrogen) atoms. The van der Waals surface area contributed by atoms with Gasteiger partial charge in [0.1, 0.15) is 24.6 Å². The fourth-order valence-electron chi connectivity index (χ4n) is 2.56. The second-order valence-corrected chi connectivity index (χ2v) is 6.12. The van der Waals surface area contributed by atoms with E-state index in [0.29, 0.717) is 18.8 Å². The first kappa shape index (κ1) is 18.6. The Hall–Kier alpha value is -3.19. The number of hydrogen-bond acceptors (Lipinski definition) is 5. The summed E-state index contributed by atoms with van der Waals surface area (Å²) in [4.78, 5) is 12.0. The van der Waals surface area contributed by atoms with Crippen molar-refractivity contribution in [1.82, 2.24) is 20.3 Å². The van der Waals surface area contributed by atoms with Gasteiger partial charge in [-0.1, -0.05) is 47.7 Å². The van der Waals surface area contributed by atoms with E-state index in [1.807, 2.05) is 55.5 Å². The molecule has 0 unspecified atom stereocenters. The lowest BCUT2D eigenvalue weighted by atomic mass is 10.1. The predicted octanol–water partition coefficient (Wildman–Crippen LogP) is 1.94. The van der Waals surface area contributed by atoms with Crippen LogP contribution in [0.2, 0.25) is 0 Å². The number of hydrogen-bond donors (Lipinski definition) is 2. The first-order valence-electron chi connectivity index (χ1n) is 8.71. The SMILES string of the molecule is Cc1ccccc1OCCNC(=O)Cn1cc(-c2ccc(CO)cc2)nn1. The molecule has 0 atom stereocenters. The van der Waals surface area contributed by atoms with Crippen molar-refractivity contribution in [2.75, 3.05) is 13.2 Å². The molecule has 0 fully saturated rings. The van der Waals surface area contributed by atoms with Gasteiger partial charge < -0.3 is 15.2 Å². The Morgan fingerprint density at radius 2 is 1.96 bits per heavy atom. The van der Waals surface area contributed by atoms with E-state index in [0.717, 1.165) is 22.4 Å². The van der Waals surface area contributed by atoms with Crippen molar-refractivity contribution < 1.29 is 14.6 Å². The molecular weight excluding hydrogens is 344 g/mol. The molecule has 7 nitrogen and oxygen atoms in total. The van der Waals surface area contributed by atoms with Gasteiger partial charge in [-0.2, -0.15) is 0 Å². The second-order valence-electron chi connectivity index (χ2n) is 6.12. The molecule has 7 heteroatoms. The molecule has 0 aliphatic rings. The molecule has 0 spiro atoms. The highest BCUT2D eigenvalue weighted by molar-refractivity contribution is 5.75. The highest BCUT2D eigenvalue weighted by Crippen LogP contribution is 2.17. The van der Waals surface area contributed by atoms with Gasteiger partial charge in [-0.05, 0) is 24.1 Å². The van der Waals surface area contributed by atoms with E-state index in [1.165, 1.54) is 4.68 Å². The summed E-state index contributed by atoms with van der Waals surface area (Å²) in [5.74, 6) is 0.662. The number of nitrogens with one attached hydrogen (secondary N) is 1. The summed E-state index contributed by atoms with van der Waals surface area (Å²) >= 11 is 0. The fraction of sp³-hybridized carbons (Fsp3) is 0.250. The third-order valence-electron chi connectivity index (χ3n) is 4.05. The minimum absolute atomic E-state index is 0.000691. The summed E-state index contributed by atoms with van der Waals surface area (Å²) < 4.78 is 7.14. The van der Waals surface area contributed by atoms with Crippen LogP contribution < -0.4 is 10.1 Å². The van der Waals surface area contributed by atoms with Crippen LogP contribution in [0.3, 0.4) is 0 Å². The number of carbonyl (C=O) groups excluding carboxylic acids is 1. The number of para-hydroxylation sites is 1. The van der Waals surface area contributed by atoms with Gasteiger partial charge in [0, 0.05) is 5.56 Å². The number of amides is 1. The quantitative estimate of drug-likeness (QED) is 0.595.